The molecule has 2 N–H and O–H groups in total. The first-order chi connectivity index (χ1) is 10.1. The summed E-state index contributed by atoms with van der Waals surface area (Å²) >= 11 is 0. The Hall–Kier alpha value is -0.0800. The minimum absolute atomic E-state index is 0. The van der Waals surface area contributed by atoms with Crippen molar-refractivity contribution in [2.75, 3.05) is 39.9 Å². The number of aliphatic imine (C=N–C) groups is 1. The minimum atomic E-state index is 0. The van der Waals surface area contributed by atoms with Crippen LogP contribution in [0.1, 0.15) is 40.5 Å². The number of rotatable bonds is 8. The van der Waals surface area contributed by atoms with E-state index in [-0.39, 0.29) is 30.0 Å². The average molecular weight is 426 g/mol. The summed E-state index contributed by atoms with van der Waals surface area (Å²) in [6, 6.07) is 0.865. The summed E-state index contributed by atoms with van der Waals surface area (Å²) in [5.74, 6) is 1.63. The van der Waals surface area contributed by atoms with Gasteiger partial charge in [-0.1, -0.05) is 13.8 Å². The van der Waals surface area contributed by atoms with Crippen LogP contribution in [0.3, 0.4) is 0 Å². The van der Waals surface area contributed by atoms with Crippen LogP contribution in [0.25, 0.3) is 0 Å². The molecule has 1 heterocycles. The first kappa shape index (κ1) is 21.9. The first-order valence-corrected chi connectivity index (χ1v) is 8.34. The molecular formula is C16H35IN4O. The van der Waals surface area contributed by atoms with E-state index in [1.807, 2.05) is 0 Å². The van der Waals surface area contributed by atoms with E-state index in [0.717, 1.165) is 25.0 Å². The molecule has 1 saturated heterocycles. The number of guanidine groups is 1. The van der Waals surface area contributed by atoms with E-state index < -0.39 is 0 Å². The van der Waals surface area contributed by atoms with E-state index in [0.29, 0.717) is 12.6 Å². The van der Waals surface area contributed by atoms with Gasteiger partial charge in [-0.15, -0.1) is 24.0 Å². The Labute approximate surface area is 153 Å². The third kappa shape index (κ3) is 8.53. The zero-order chi connectivity index (χ0) is 15.7. The lowest BCUT2D eigenvalue weighted by Crippen LogP contribution is -2.44. The van der Waals surface area contributed by atoms with E-state index in [1.165, 1.54) is 25.9 Å². The van der Waals surface area contributed by atoms with Crippen LogP contribution in [0.5, 0.6) is 0 Å². The summed E-state index contributed by atoms with van der Waals surface area (Å²) in [6.45, 7) is 13.6. The summed E-state index contributed by atoms with van der Waals surface area (Å²) in [7, 11) is 1.73. The molecule has 0 spiro atoms. The van der Waals surface area contributed by atoms with Crippen molar-refractivity contribution < 1.29 is 4.74 Å². The normalized spacial score (nSPS) is 20.8. The third-order valence-corrected chi connectivity index (χ3v) is 3.70. The topological polar surface area (TPSA) is 48.9 Å². The Balaban J connectivity index is 0.00000441. The summed E-state index contributed by atoms with van der Waals surface area (Å²) in [4.78, 5) is 7.37. The van der Waals surface area contributed by atoms with Crippen molar-refractivity contribution in [1.82, 2.24) is 15.5 Å². The Morgan fingerprint density at radius 3 is 2.68 bits per heavy atom. The van der Waals surface area contributed by atoms with Crippen molar-refractivity contribution in [3.63, 3.8) is 0 Å². The number of nitrogens with one attached hydrogen (secondary N) is 2. The van der Waals surface area contributed by atoms with Crippen molar-refractivity contribution in [2.45, 2.75) is 52.6 Å². The maximum atomic E-state index is 5.17. The molecule has 1 aliphatic rings. The van der Waals surface area contributed by atoms with Gasteiger partial charge in [-0.25, -0.2) is 0 Å². The van der Waals surface area contributed by atoms with E-state index in [2.05, 4.69) is 43.2 Å². The van der Waals surface area contributed by atoms with Crippen LogP contribution in [0, 0.1) is 5.92 Å². The van der Waals surface area contributed by atoms with Gasteiger partial charge in [0, 0.05) is 32.3 Å². The van der Waals surface area contributed by atoms with Gasteiger partial charge in [0.2, 0.25) is 0 Å². The fourth-order valence-corrected chi connectivity index (χ4v) is 2.85. The monoisotopic (exact) mass is 426 g/mol. The standard InChI is InChI=1S/C16H34N4O.HI/c1-6-17-16(19-14(4)12-21-5)18-10-15-8-7-9-20(15)11-13(2)3;/h13-15H,6-12H2,1-5H3,(H2,17,18,19);1H/t14?,15-;/m1./s1. The molecule has 132 valence electrons. The molecule has 6 heteroatoms. The lowest BCUT2D eigenvalue weighted by molar-refractivity contribution is 0.179. The number of methoxy groups -OCH3 is 1. The highest BCUT2D eigenvalue weighted by Crippen LogP contribution is 2.18. The second-order valence-electron chi connectivity index (χ2n) is 6.41. The smallest absolute Gasteiger partial charge is 0.191 e. The van der Waals surface area contributed by atoms with Crippen LogP contribution in [-0.2, 0) is 4.74 Å². The molecular weight excluding hydrogens is 391 g/mol. The summed E-state index contributed by atoms with van der Waals surface area (Å²) in [5.41, 5.74) is 0. The van der Waals surface area contributed by atoms with Crippen LogP contribution < -0.4 is 10.6 Å². The molecule has 0 aromatic heterocycles. The Bertz CT molecular complexity index is 313. The Morgan fingerprint density at radius 1 is 1.36 bits per heavy atom. The number of nitrogens with zero attached hydrogens (tertiary/aromatic N) is 2. The van der Waals surface area contributed by atoms with Crippen molar-refractivity contribution in [1.29, 1.82) is 0 Å². The first-order valence-electron chi connectivity index (χ1n) is 8.34. The van der Waals surface area contributed by atoms with Gasteiger partial charge in [0.05, 0.1) is 13.2 Å². The molecule has 2 atom stereocenters. The molecule has 1 aliphatic heterocycles. The molecule has 0 radical (unpaired) electrons. The molecule has 1 unspecified atom stereocenters. The number of hydrogen-bond acceptors (Lipinski definition) is 3. The predicted molar refractivity (Wildman–Crippen MR) is 105 cm³/mol. The second kappa shape index (κ2) is 12.4. The summed E-state index contributed by atoms with van der Waals surface area (Å²) < 4.78 is 5.17. The van der Waals surface area contributed by atoms with E-state index >= 15 is 0 Å². The fourth-order valence-electron chi connectivity index (χ4n) is 2.85. The van der Waals surface area contributed by atoms with Crippen molar-refractivity contribution in [3.05, 3.63) is 0 Å². The fraction of sp³-hybridized carbons (Fsp3) is 0.938. The minimum Gasteiger partial charge on any atom is -0.383 e. The molecule has 0 amide bonds. The molecule has 0 bridgehead atoms. The maximum Gasteiger partial charge on any atom is 0.191 e. The molecule has 1 fully saturated rings. The van der Waals surface area contributed by atoms with Gasteiger partial charge in [-0.05, 0) is 39.2 Å². The molecule has 0 saturated carbocycles. The molecule has 1 rings (SSSR count). The highest BCUT2D eigenvalue weighted by molar-refractivity contribution is 14.0. The summed E-state index contributed by atoms with van der Waals surface area (Å²) in [6.07, 6.45) is 2.57. The van der Waals surface area contributed by atoms with Gasteiger partial charge in [0.1, 0.15) is 0 Å². The average Bonchev–Trinajstić information content (AvgIpc) is 2.83. The van der Waals surface area contributed by atoms with E-state index in [9.17, 15) is 0 Å². The van der Waals surface area contributed by atoms with Gasteiger partial charge in [-0.3, -0.25) is 9.89 Å². The zero-order valence-corrected chi connectivity index (χ0v) is 17.2. The highest BCUT2D eigenvalue weighted by Gasteiger charge is 2.24. The third-order valence-electron chi connectivity index (χ3n) is 3.70. The number of hydrogen-bond donors (Lipinski definition) is 2. The molecule has 0 aromatic carbocycles. The molecule has 22 heavy (non-hydrogen) atoms. The number of halogens is 1. The quantitative estimate of drug-likeness (QED) is 0.355. The van der Waals surface area contributed by atoms with E-state index in [1.54, 1.807) is 7.11 Å². The van der Waals surface area contributed by atoms with Crippen LogP contribution in [0.2, 0.25) is 0 Å². The van der Waals surface area contributed by atoms with Gasteiger partial charge >= 0.3 is 0 Å². The van der Waals surface area contributed by atoms with Gasteiger partial charge in [0.15, 0.2) is 5.96 Å². The Morgan fingerprint density at radius 2 is 2.09 bits per heavy atom. The van der Waals surface area contributed by atoms with Crippen LogP contribution in [0.15, 0.2) is 4.99 Å². The predicted octanol–water partition coefficient (Wildman–Crippen LogP) is 2.31. The van der Waals surface area contributed by atoms with Crippen LogP contribution >= 0.6 is 24.0 Å². The molecule has 5 nitrogen and oxygen atoms in total. The molecule has 0 aliphatic carbocycles. The summed E-state index contributed by atoms with van der Waals surface area (Å²) in [5, 5.41) is 6.71. The van der Waals surface area contributed by atoms with E-state index in [4.69, 9.17) is 9.73 Å². The van der Waals surface area contributed by atoms with Crippen molar-refractivity contribution in [3.8, 4) is 0 Å². The molecule has 0 aromatic rings. The van der Waals surface area contributed by atoms with Gasteiger partial charge in [-0.2, -0.15) is 0 Å². The number of ether oxygens (including phenoxy) is 1. The van der Waals surface area contributed by atoms with Gasteiger partial charge < -0.3 is 15.4 Å². The lowest BCUT2D eigenvalue weighted by Gasteiger charge is -2.25. The maximum absolute atomic E-state index is 5.17. The SMILES string of the molecule is CCNC(=NC[C@H]1CCCN1CC(C)C)NC(C)COC.I. The lowest BCUT2D eigenvalue weighted by atomic mass is 10.2. The van der Waals surface area contributed by atoms with Crippen LogP contribution in [0.4, 0.5) is 0 Å². The number of likely N-dealkylation sites (tertiary alicyclic amines) is 1. The second-order valence-corrected chi connectivity index (χ2v) is 6.41. The van der Waals surface area contributed by atoms with Crippen molar-refractivity contribution in [2.24, 2.45) is 10.9 Å². The van der Waals surface area contributed by atoms with Crippen molar-refractivity contribution >= 4 is 29.9 Å². The zero-order valence-electron chi connectivity index (χ0n) is 14.9. The Kier molecular flexibility index (Phi) is 12.3. The largest absolute Gasteiger partial charge is 0.383 e. The van der Waals surface area contributed by atoms with Gasteiger partial charge in [0.25, 0.3) is 0 Å². The highest BCUT2D eigenvalue weighted by atomic mass is 127. The van der Waals surface area contributed by atoms with Crippen LogP contribution in [-0.4, -0.2) is 62.8 Å².